The van der Waals surface area contributed by atoms with Crippen LogP contribution in [0.4, 0.5) is 15.8 Å². The highest BCUT2D eigenvalue weighted by atomic mass is 32.1. The van der Waals surface area contributed by atoms with Crippen LogP contribution in [0.3, 0.4) is 0 Å². The molecular formula is C31H27FN4O2S. The summed E-state index contributed by atoms with van der Waals surface area (Å²) in [5, 5.41) is 5.98. The molecule has 4 aromatic carbocycles. The molecule has 0 saturated carbocycles. The van der Waals surface area contributed by atoms with Crippen LogP contribution in [-0.4, -0.2) is 48.0 Å². The van der Waals surface area contributed by atoms with Gasteiger partial charge < -0.3 is 15.1 Å². The van der Waals surface area contributed by atoms with Gasteiger partial charge in [-0.25, -0.2) is 4.39 Å². The Morgan fingerprint density at radius 1 is 0.718 bits per heavy atom. The predicted octanol–water partition coefficient (Wildman–Crippen LogP) is 5.58. The fraction of sp³-hybridized carbons (Fsp3) is 0.129. The van der Waals surface area contributed by atoms with Crippen molar-refractivity contribution in [3.05, 3.63) is 120 Å². The fourth-order valence-corrected chi connectivity index (χ4v) is 4.72. The van der Waals surface area contributed by atoms with Crippen molar-refractivity contribution in [3.63, 3.8) is 0 Å². The van der Waals surface area contributed by atoms with Crippen LogP contribution in [-0.2, 0) is 0 Å². The lowest BCUT2D eigenvalue weighted by molar-refractivity contribution is 0.0742. The Hall–Kier alpha value is -4.56. The van der Waals surface area contributed by atoms with Gasteiger partial charge >= 0.3 is 0 Å². The minimum atomic E-state index is -0.497. The number of carbonyl (C=O) groups is 2. The molecule has 6 nitrogen and oxygen atoms in total. The highest BCUT2D eigenvalue weighted by Crippen LogP contribution is 2.21. The van der Waals surface area contributed by atoms with Crippen LogP contribution < -0.4 is 15.5 Å². The number of thiocarbonyl (C=S) groups is 1. The first-order chi connectivity index (χ1) is 19.0. The third-order valence-corrected chi connectivity index (χ3v) is 6.85. The maximum atomic E-state index is 14.0. The van der Waals surface area contributed by atoms with Crippen LogP contribution in [0.15, 0.2) is 103 Å². The predicted molar refractivity (Wildman–Crippen MR) is 157 cm³/mol. The molecule has 1 fully saturated rings. The van der Waals surface area contributed by atoms with Gasteiger partial charge in [0.15, 0.2) is 5.11 Å². The highest BCUT2D eigenvalue weighted by molar-refractivity contribution is 7.80. The molecule has 0 atom stereocenters. The smallest absolute Gasteiger partial charge is 0.257 e. The van der Waals surface area contributed by atoms with Crippen molar-refractivity contribution in [2.24, 2.45) is 0 Å². The maximum absolute atomic E-state index is 14.0. The van der Waals surface area contributed by atoms with Crippen molar-refractivity contribution in [1.82, 2.24) is 10.2 Å². The number of amides is 2. The van der Waals surface area contributed by atoms with Gasteiger partial charge in [0.2, 0.25) is 0 Å². The molecule has 8 heteroatoms. The zero-order valence-electron chi connectivity index (χ0n) is 21.1. The number of nitrogens with one attached hydrogen (secondary N) is 2. The van der Waals surface area contributed by atoms with Gasteiger partial charge in [0.25, 0.3) is 11.8 Å². The molecule has 0 aliphatic carbocycles. The monoisotopic (exact) mass is 538 g/mol. The third kappa shape index (κ3) is 6.30. The van der Waals surface area contributed by atoms with E-state index in [1.807, 2.05) is 66.7 Å². The molecule has 2 N–H and O–H groups in total. The summed E-state index contributed by atoms with van der Waals surface area (Å²) in [4.78, 5) is 29.2. The molecule has 0 bridgehead atoms. The number of nitrogens with zero attached hydrogens (tertiary/aromatic N) is 2. The van der Waals surface area contributed by atoms with Gasteiger partial charge in [-0.15, -0.1) is 0 Å². The molecule has 5 rings (SSSR count). The molecule has 196 valence electrons. The Morgan fingerprint density at radius 3 is 2.00 bits per heavy atom. The summed E-state index contributed by atoms with van der Waals surface area (Å²) in [7, 11) is 0. The molecule has 1 heterocycles. The summed E-state index contributed by atoms with van der Waals surface area (Å²) < 4.78 is 14.0. The maximum Gasteiger partial charge on any atom is 0.257 e. The first kappa shape index (κ1) is 26.1. The molecule has 39 heavy (non-hydrogen) atoms. The highest BCUT2D eigenvalue weighted by Gasteiger charge is 2.24. The van der Waals surface area contributed by atoms with E-state index in [4.69, 9.17) is 12.2 Å². The van der Waals surface area contributed by atoms with Crippen molar-refractivity contribution in [2.45, 2.75) is 0 Å². The summed E-state index contributed by atoms with van der Waals surface area (Å²) in [5.41, 5.74) is 4.49. The van der Waals surface area contributed by atoms with Gasteiger partial charge in [0.1, 0.15) is 5.82 Å². The SMILES string of the molecule is O=C(NC(=S)Nc1ccc(N2CCN(C(=O)c3ccccc3F)CC2)cc1)c1ccc(-c2ccccc2)cc1. The number of anilines is 2. The number of hydrogen-bond donors (Lipinski definition) is 2. The number of carbonyl (C=O) groups excluding carboxylic acids is 2. The molecule has 1 aliphatic heterocycles. The van der Waals surface area contributed by atoms with Crippen molar-refractivity contribution in [1.29, 1.82) is 0 Å². The van der Waals surface area contributed by atoms with Crippen molar-refractivity contribution >= 4 is 40.5 Å². The second kappa shape index (κ2) is 11.9. The van der Waals surface area contributed by atoms with Crippen molar-refractivity contribution < 1.29 is 14.0 Å². The van der Waals surface area contributed by atoms with Gasteiger partial charge in [-0.2, -0.15) is 0 Å². The number of piperazine rings is 1. The minimum Gasteiger partial charge on any atom is -0.368 e. The minimum absolute atomic E-state index is 0.105. The van der Waals surface area contributed by atoms with E-state index in [9.17, 15) is 14.0 Å². The van der Waals surface area contributed by atoms with Crippen molar-refractivity contribution in [3.8, 4) is 11.1 Å². The Morgan fingerprint density at radius 2 is 1.33 bits per heavy atom. The Kier molecular flexibility index (Phi) is 7.94. The topological polar surface area (TPSA) is 64.7 Å². The van der Waals surface area contributed by atoms with Crippen LogP contribution in [0, 0.1) is 5.82 Å². The lowest BCUT2D eigenvalue weighted by atomic mass is 10.0. The molecule has 0 radical (unpaired) electrons. The first-order valence-corrected chi connectivity index (χ1v) is 13.1. The van der Waals surface area contributed by atoms with E-state index >= 15 is 0 Å². The van der Waals surface area contributed by atoms with E-state index in [1.165, 1.54) is 12.1 Å². The molecule has 0 unspecified atom stereocenters. The quantitative estimate of drug-likeness (QED) is 0.325. The zero-order chi connectivity index (χ0) is 27.2. The second-order valence-corrected chi connectivity index (χ2v) is 9.57. The number of rotatable bonds is 5. The van der Waals surface area contributed by atoms with Gasteiger partial charge in [-0.05, 0) is 71.9 Å². The molecule has 2 amide bonds. The molecule has 4 aromatic rings. The third-order valence-electron chi connectivity index (χ3n) is 6.64. The van der Waals surface area contributed by atoms with Crippen LogP contribution in [0.2, 0.25) is 0 Å². The second-order valence-electron chi connectivity index (χ2n) is 9.16. The molecule has 1 aliphatic rings. The summed E-state index contributed by atoms with van der Waals surface area (Å²) >= 11 is 5.34. The van der Waals surface area contributed by atoms with Gasteiger partial charge in [-0.3, -0.25) is 14.9 Å². The van der Waals surface area contributed by atoms with E-state index in [0.29, 0.717) is 31.7 Å². The summed E-state index contributed by atoms with van der Waals surface area (Å²) in [6, 6.07) is 31.1. The molecular weight excluding hydrogens is 511 g/mol. The van der Waals surface area contributed by atoms with E-state index in [1.54, 1.807) is 29.2 Å². The van der Waals surface area contributed by atoms with E-state index < -0.39 is 5.82 Å². The van der Waals surface area contributed by atoms with E-state index in [2.05, 4.69) is 15.5 Å². The lowest BCUT2D eigenvalue weighted by Crippen LogP contribution is -2.49. The summed E-state index contributed by atoms with van der Waals surface area (Å²) in [5.74, 6) is -1.07. The van der Waals surface area contributed by atoms with Crippen LogP contribution >= 0.6 is 12.2 Å². The standard InChI is InChI=1S/C31H27FN4O2S/c32-28-9-5-4-8-27(28)30(38)36-20-18-35(19-21-36)26-16-14-25(15-17-26)33-31(39)34-29(37)24-12-10-23(11-13-24)22-6-2-1-3-7-22/h1-17H,18-21H2,(H2,33,34,37,39). The Balaban J connectivity index is 1.11. The Bertz CT molecular complexity index is 1470. The van der Waals surface area contributed by atoms with E-state index in [-0.39, 0.29) is 22.5 Å². The van der Waals surface area contributed by atoms with Gasteiger partial charge in [0.05, 0.1) is 5.56 Å². The van der Waals surface area contributed by atoms with Gasteiger partial charge in [0, 0.05) is 43.1 Å². The van der Waals surface area contributed by atoms with Crippen molar-refractivity contribution in [2.75, 3.05) is 36.4 Å². The first-order valence-electron chi connectivity index (χ1n) is 12.6. The van der Waals surface area contributed by atoms with Crippen LogP contribution in [0.1, 0.15) is 20.7 Å². The molecule has 0 spiro atoms. The normalized spacial score (nSPS) is 13.1. The molecule has 1 saturated heterocycles. The fourth-order valence-electron chi connectivity index (χ4n) is 4.51. The summed E-state index contributed by atoms with van der Waals surface area (Å²) in [6.45, 7) is 2.31. The van der Waals surface area contributed by atoms with Crippen LogP contribution in [0.5, 0.6) is 0 Å². The largest absolute Gasteiger partial charge is 0.368 e. The average Bonchev–Trinajstić information content (AvgIpc) is 2.98. The zero-order valence-corrected chi connectivity index (χ0v) is 22.0. The van der Waals surface area contributed by atoms with Crippen LogP contribution in [0.25, 0.3) is 11.1 Å². The number of hydrogen-bond acceptors (Lipinski definition) is 4. The Labute approximate surface area is 232 Å². The molecule has 0 aromatic heterocycles. The number of benzene rings is 4. The van der Waals surface area contributed by atoms with E-state index in [0.717, 1.165) is 22.5 Å². The number of halogens is 1. The average molecular weight is 539 g/mol. The summed E-state index contributed by atoms with van der Waals surface area (Å²) in [6.07, 6.45) is 0. The lowest BCUT2D eigenvalue weighted by Gasteiger charge is -2.36. The van der Waals surface area contributed by atoms with Gasteiger partial charge in [-0.1, -0.05) is 54.6 Å².